The molecule has 1 aliphatic heterocycles. The molecular formula is C11H10N6. The minimum Gasteiger partial charge on any atom is -0.332 e. The number of hydrogen-bond acceptors (Lipinski definition) is 5. The van der Waals surface area contributed by atoms with E-state index in [4.69, 9.17) is 5.26 Å². The molecule has 2 aromatic rings. The standard InChI is InChI=1S/C11H10N6/c12-7-9-1-2-14-11(15-9)17-6-5-16-4-3-13-10(16)8-17/h1-4H,5-6,8H2. The van der Waals surface area contributed by atoms with Gasteiger partial charge < -0.3 is 9.47 Å². The molecule has 0 unspecified atom stereocenters. The Balaban J connectivity index is 1.89. The van der Waals surface area contributed by atoms with Crippen molar-refractivity contribution in [2.75, 3.05) is 11.4 Å². The third-order valence-electron chi connectivity index (χ3n) is 2.79. The summed E-state index contributed by atoms with van der Waals surface area (Å²) in [4.78, 5) is 14.7. The summed E-state index contributed by atoms with van der Waals surface area (Å²) in [5.74, 6) is 1.60. The van der Waals surface area contributed by atoms with Crippen LogP contribution in [0.5, 0.6) is 0 Å². The lowest BCUT2D eigenvalue weighted by atomic mass is 10.3. The Labute approximate surface area is 98.2 Å². The molecule has 6 nitrogen and oxygen atoms in total. The number of imidazole rings is 1. The molecular weight excluding hydrogens is 216 g/mol. The van der Waals surface area contributed by atoms with Gasteiger partial charge in [-0.2, -0.15) is 5.26 Å². The topological polar surface area (TPSA) is 70.6 Å². The maximum Gasteiger partial charge on any atom is 0.227 e. The van der Waals surface area contributed by atoms with Crippen molar-refractivity contribution in [3.05, 3.63) is 36.2 Å². The fourth-order valence-electron chi connectivity index (χ4n) is 1.91. The minimum atomic E-state index is 0.393. The third-order valence-corrected chi connectivity index (χ3v) is 2.79. The molecule has 1 aliphatic rings. The van der Waals surface area contributed by atoms with Crippen LogP contribution in [0.25, 0.3) is 0 Å². The van der Waals surface area contributed by atoms with Crippen LogP contribution in [0, 0.1) is 11.3 Å². The summed E-state index contributed by atoms with van der Waals surface area (Å²) in [5, 5.41) is 8.81. The first kappa shape index (κ1) is 9.78. The Morgan fingerprint density at radius 2 is 2.18 bits per heavy atom. The summed E-state index contributed by atoms with van der Waals surface area (Å²) in [6, 6.07) is 3.63. The molecule has 0 saturated heterocycles. The summed E-state index contributed by atoms with van der Waals surface area (Å²) in [7, 11) is 0. The van der Waals surface area contributed by atoms with Gasteiger partial charge in [0.25, 0.3) is 0 Å². The predicted octanol–water partition coefficient (Wildman–Crippen LogP) is 0.565. The largest absolute Gasteiger partial charge is 0.332 e. The molecule has 0 atom stereocenters. The molecule has 2 aromatic heterocycles. The zero-order valence-corrected chi connectivity index (χ0v) is 9.11. The number of aromatic nitrogens is 4. The summed E-state index contributed by atoms with van der Waals surface area (Å²) < 4.78 is 2.12. The number of fused-ring (bicyclic) bond motifs is 1. The van der Waals surface area contributed by atoms with E-state index in [1.165, 1.54) is 0 Å². The van der Waals surface area contributed by atoms with E-state index in [1.54, 1.807) is 18.5 Å². The van der Waals surface area contributed by atoms with E-state index in [0.29, 0.717) is 18.2 Å². The van der Waals surface area contributed by atoms with Gasteiger partial charge in [-0.1, -0.05) is 0 Å². The summed E-state index contributed by atoms with van der Waals surface area (Å²) >= 11 is 0. The van der Waals surface area contributed by atoms with Gasteiger partial charge in [-0.25, -0.2) is 15.0 Å². The maximum absolute atomic E-state index is 8.81. The first-order valence-electron chi connectivity index (χ1n) is 5.35. The average molecular weight is 226 g/mol. The second-order valence-corrected chi connectivity index (χ2v) is 3.81. The van der Waals surface area contributed by atoms with Gasteiger partial charge in [-0.3, -0.25) is 0 Å². The second kappa shape index (κ2) is 3.87. The van der Waals surface area contributed by atoms with Gasteiger partial charge in [-0.05, 0) is 6.07 Å². The highest BCUT2D eigenvalue weighted by Crippen LogP contribution is 2.15. The van der Waals surface area contributed by atoms with E-state index in [9.17, 15) is 0 Å². The Bertz CT molecular complexity index is 582. The van der Waals surface area contributed by atoms with E-state index >= 15 is 0 Å². The highest BCUT2D eigenvalue weighted by molar-refractivity contribution is 5.34. The minimum absolute atomic E-state index is 0.393. The van der Waals surface area contributed by atoms with Crippen molar-refractivity contribution in [3.8, 4) is 6.07 Å². The Kier molecular flexibility index (Phi) is 2.22. The predicted molar refractivity (Wildman–Crippen MR) is 60.0 cm³/mol. The summed E-state index contributed by atoms with van der Waals surface area (Å²) in [6.45, 7) is 2.38. The monoisotopic (exact) mass is 226 g/mol. The van der Waals surface area contributed by atoms with Gasteiger partial charge >= 0.3 is 0 Å². The van der Waals surface area contributed by atoms with Crippen LogP contribution in [0.3, 0.4) is 0 Å². The zero-order chi connectivity index (χ0) is 11.7. The molecule has 84 valence electrons. The van der Waals surface area contributed by atoms with E-state index in [0.717, 1.165) is 18.9 Å². The van der Waals surface area contributed by atoms with E-state index in [-0.39, 0.29) is 0 Å². The van der Waals surface area contributed by atoms with Gasteiger partial charge in [0.1, 0.15) is 17.6 Å². The molecule has 3 heterocycles. The van der Waals surface area contributed by atoms with Crippen molar-refractivity contribution in [2.45, 2.75) is 13.1 Å². The molecule has 0 N–H and O–H groups in total. The molecule has 0 radical (unpaired) electrons. The molecule has 3 rings (SSSR count). The number of nitriles is 1. The molecule has 6 heteroatoms. The van der Waals surface area contributed by atoms with E-state index in [1.807, 2.05) is 17.2 Å². The first-order chi connectivity index (χ1) is 8.36. The van der Waals surface area contributed by atoms with Crippen molar-refractivity contribution >= 4 is 5.95 Å². The third kappa shape index (κ3) is 1.72. The molecule has 0 fully saturated rings. The van der Waals surface area contributed by atoms with Crippen molar-refractivity contribution < 1.29 is 0 Å². The highest BCUT2D eigenvalue weighted by Gasteiger charge is 2.18. The molecule has 0 spiro atoms. The Morgan fingerprint density at radius 1 is 1.24 bits per heavy atom. The lowest BCUT2D eigenvalue weighted by molar-refractivity contribution is 0.551. The zero-order valence-electron chi connectivity index (χ0n) is 9.11. The number of rotatable bonds is 1. The van der Waals surface area contributed by atoms with Gasteiger partial charge in [0.15, 0.2) is 0 Å². The van der Waals surface area contributed by atoms with Crippen LogP contribution in [0.1, 0.15) is 11.5 Å². The fraction of sp³-hybridized carbons (Fsp3) is 0.273. The lowest BCUT2D eigenvalue weighted by Crippen LogP contribution is -2.34. The molecule has 0 saturated carbocycles. The van der Waals surface area contributed by atoms with Crippen molar-refractivity contribution in [1.82, 2.24) is 19.5 Å². The van der Waals surface area contributed by atoms with Gasteiger partial charge in [0.05, 0.1) is 6.54 Å². The normalized spacial score (nSPS) is 14.2. The summed E-state index contributed by atoms with van der Waals surface area (Å²) in [5.41, 5.74) is 0.393. The number of hydrogen-bond donors (Lipinski definition) is 0. The second-order valence-electron chi connectivity index (χ2n) is 3.81. The van der Waals surface area contributed by atoms with E-state index < -0.39 is 0 Å². The highest BCUT2D eigenvalue weighted by atomic mass is 15.3. The van der Waals surface area contributed by atoms with Gasteiger partial charge in [0, 0.05) is 31.7 Å². The molecule has 0 bridgehead atoms. The van der Waals surface area contributed by atoms with Crippen molar-refractivity contribution in [1.29, 1.82) is 5.26 Å². The fourth-order valence-corrected chi connectivity index (χ4v) is 1.91. The van der Waals surface area contributed by atoms with Gasteiger partial charge in [0.2, 0.25) is 5.95 Å². The van der Waals surface area contributed by atoms with Crippen LogP contribution in [0.4, 0.5) is 5.95 Å². The van der Waals surface area contributed by atoms with Crippen molar-refractivity contribution in [2.24, 2.45) is 0 Å². The Hall–Kier alpha value is -2.42. The number of anilines is 1. The average Bonchev–Trinajstić information content (AvgIpc) is 2.86. The lowest BCUT2D eigenvalue weighted by Gasteiger charge is -2.27. The molecule has 17 heavy (non-hydrogen) atoms. The number of nitrogens with zero attached hydrogens (tertiary/aromatic N) is 6. The van der Waals surface area contributed by atoms with E-state index in [2.05, 4.69) is 19.5 Å². The molecule has 0 aromatic carbocycles. The first-order valence-corrected chi connectivity index (χ1v) is 5.35. The molecule has 0 aliphatic carbocycles. The van der Waals surface area contributed by atoms with Crippen molar-refractivity contribution in [3.63, 3.8) is 0 Å². The van der Waals surface area contributed by atoms with Crippen LogP contribution in [0.2, 0.25) is 0 Å². The SMILES string of the molecule is N#Cc1ccnc(N2CCn3ccnc3C2)n1. The smallest absolute Gasteiger partial charge is 0.227 e. The Morgan fingerprint density at radius 3 is 3.06 bits per heavy atom. The summed E-state index contributed by atoms with van der Waals surface area (Å²) in [6.07, 6.45) is 5.38. The maximum atomic E-state index is 8.81. The van der Waals surface area contributed by atoms with Gasteiger partial charge in [-0.15, -0.1) is 0 Å². The van der Waals surface area contributed by atoms with Crippen LogP contribution in [-0.2, 0) is 13.1 Å². The van der Waals surface area contributed by atoms with Crippen LogP contribution in [-0.4, -0.2) is 26.1 Å². The van der Waals surface area contributed by atoms with Crippen LogP contribution >= 0.6 is 0 Å². The van der Waals surface area contributed by atoms with Crippen LogP contribution < -0.4 is 4.90 Å². The molecule has 0 amide bonds. The quantitative estimate of drug-likeness (QED) is 0.710. The van der Waals surface area contributed by atoms with Crippen LogP contribution in [0.15, 0.2) is 24.7 Å².